The number of allylic oxidation sites excluding steroid dienone is 6. The lowest BCUT2D eigenvalue weighted by Crippen LogP contribution is -2.12. The minimum Gasteiger partial charge on any atom is -0.103 e. The summed E-state index contributed by atoms with van der Waals surface area (Å²) in [5, 5.41) is 0. The smallest absolute Gasteiger partial charge is 0.0163 e. The van der Waals surface area contributed by atoms with Gasteiger partial charge in [0.15, 0.2) is 0 Å². The highest BCUT2D eigenvalue weighted by molar-refractivity contribution is 5.31. The largest absolute Gasteiger partial charge is 0.103 e. The van der Waals surface area contributed by atoms with Crippen LogP contribution in [0.1, 0.15) is 71.1 Å². The molecule has 2 rings (SSSR count). The standard InChI is InChI=1S/C21H32/c1-4-10-18-12-6-7-14-20(18)16-17(3)21-15-9-8-13-19(21)11-5-2/h4-5,16,18-19H,1-2,6-15H2,3H3. The van der Waals surface area contributed by atoms with Gasteiger partial charge in [-0.15, -0.1) is 13.2 Å². The molecule has 0 aromatic heterocycles. The Hall–Kier alpha value is -1.04. The van der Waals surface area contributed by atoms with Crippen LogP contribution in [0.4, 0.5) is 0 Å². The van der Waals surface area contributed by atoms with E-state index < -0.39 is 0 Å². The number of hydrogen-bond donors (Lipinski definition) is 0. The average molecular weight is 284 g/mol. The number of hydrogen-bond acceptors (Lipinski definition) is 0. The second-order valence-corrected chi connectivity index (χ2v) is 6.86. The first kappa shape index (κ1) is 16.3. The molecule has 116 valence electrons. The van der Waals surface area contributed by atoms with Gasteiger partial charge >= 0.3 is 0 Å². The second kappa shape index (κ2) is 8.41. The molecule has 2 unspecified atom stereocenters. The number of rotatable bonds is 5. The summed E-state index contributed by atoms with van der Waals surface area (Å²) in [6.07, 6.45) is 19.9. The molecular weight excluding hydrogens is 252 g/mol. The van der Waals surface area contributed by atoms with Crippen LogP contribution in [0.5, 0.6) is 0 Å². The van der Waals surface area contributed by atoms with Crippen molar-refractivity contribution >= 4 is 0 Å². The molecule has 0 aliphatic heterocycles. The summed E-state index contributed by atoms with van der Waals surface area (Å²) in [5.41, 5.74) is 4.97. The Morgan fingerprint density at radius 1 is 0.952 bits per heavy atom. The van der Waals surface area contributed by atoms with E-state index in [1.54, 1.807) is 16.7 Å². The van der Waals surface area contributed by atoms with E-state index >= 15 is 0 Å². The lowest BCUT2D eigenvalue weighted by atomic mass is 9.77. The topological polar surface area (TPSA) is 0 Å². The highest BCUT2D eigenvalue weighted by Crippen LogP contribution is 2.37. The molecule has 2 aliphatic rings. The first-order valence-corrected chi connectivity index (χ1v) is 8.88. The molecule has 0 heteroatoms. The molecule has 2 atom stereocenters. The third-order valence-corrected chi connectivity index (χ3v) is 5.34. The zero-order valence-corrected chi connectivity index (χ0v) is 13.9. The summed E-state index contributed by atoms with van der Waals surface area (Å²) in [7, 11) is 0. The normalized spacial score (nSPS) is 31.0. The molecule has 21 heavy (non-hydrogen) atoms. The molecule has 0 saturated heterocycles. The molecule has 0 aromatic rings. The highest BCUT2D eigenvalue weighted by Gasteiger charge is 2.21. The minimum absolute atomic E-state index is 0.758. The Balaban J connectivity index is 2.20. The average Bonchev–Trinajstić information content (AvgIpc) is 2.50. The van der Waals surface area contributed by atoms with E-state index in [1.807, 2.05) is 0 Å². The van der Waals surface area contributed by atoms with Crippen molar-refractivity contribution in [1.29, 1.82) is 0 Å². The maximum absolute atomic E-state index is 3.95. The summed E-state index contributed by atoms with van der Waals surface area (Å²) in [4.78, 5) is 0. The van der Waals surface area contributed by atoms with Gasteiger partial charge in [0, 0.05) is 0 Å². The van der Waals surface area contributed by atoms with Gasteiger partial charge in [0.05, 0.1) is 0 Å². The molecular formula is C21H32. The molecule has 2 saturated carbocycles. The van der Waals surface area contributed by atoms with E-state index in [-0.39, 0.29) is 0 Å². The van der Waals surface area contributed by atoms with E-state index in [0.29, 0.717) is 0 Å². The summed E-state index contributed by atoms with van der Waals surface area (Å²) in [5.74, 6) is 1.52. The van der Waals surface area contributed by atoms with E-state index in [0.717, 1.165) is 24.7 Å². The Labute approximate surface area is 131 Å². The summed E-state index contributed by atoms with van der Waals surface area (Å²) >= 11 is 0. The Kier molecular flexibility index (Phi) is 6.54. The van der Waals surface area contributed by atoms with Gasteiger partial charge in [0.2, 0.25) is 0 Å². The van der Waals surface area contributed by atoms with Crippen LogP contribution < -0.4 is 0 Å². The van der Waals surface area contributed by atoms with Crippen LogP contribution in [0.2, 0.25) is 0 Å². The fourth-order valence-corrected chi connectivity index (χ4v) is 4.21. The van der Waals surface area contributed by atoms with Crippen LogP contribution in [-0.4, -0.2) is 0 Å². The van der Waals surface area contributed by atoms with Gasteiger partial charge in [-0.3, -0.25) is 0 Å². The van der Waals surface area contributed by atoms with Gasteiger partial charge in [0.25, 0.3) is 0 Å². The molecule has 0 N–H and O–H groups in total. The zero-order chi connectivity index (χ0) is 15.1. The second-order valence-electron chi connectivity index (χ2n) is 6.86. The summed E-state index contributed by atoms with van der Waals surface area (Å²) in [6, 6.07) is 0. The summed E-state index contributed by atoms with van der Waals surface area (Å²) in [6.45, 7) is 10.2. The van der Waals surface area contributed by atoms with E-state index in [1.165, 1.54) is 51.4 Å². The monoisotopic (exact) mass is 284 g/mol. The van der Waals surface area contributed by atoms with Crippen LogP contribution >= 0.6 is 0 Å². The van der Waals surface area contributed by atoms with Gasteiger partial charge < -0.3 is 0 Å². The van der Waals surface area contributed by atoms with Crippen LogP contribution in [-0.2, 0) is 0 Å². The SMILES string of the molecule is C=CCC1CCCCC1=CC(C)=C1CCCCC1CC=C. The maximum Gasteiger partial charge on any atom is -0.0163 e. The van der Waals surface area contributed by atoms with Crippen molar-refractivity contribution in [3.8, 4) is 0 Å². The van der Waals surface area contributed by atoms with Crippen LogP contribution in [0.3, 0.4) is 0 Å². The van der Waals surface area contributed by atoms with Gasteiger partial charge in [-0.2, -0.15) is 0 Å². The van der Waals surface area contributed by atoms with Crippen molar-refractivity contribution < 1.29 is 0 Å². The van der Waals surface area contributed by atoms with E-state index in [9.17, 15) is 0 Å². The maximum atomic E-state index is 3.95. The zero-order valence-electron chi connectivity index (χ0n) is 13.9. The van der Waals surface area contributed by atoms with Gasteiger partial charge in [0.1, 0.15) is 0 Å². The van der Waals surface area contributed by atoms with Crippen molar-refractivity contribution in [2.75, 3.05) is 0 Å². The molecule has 0 aromatic carbocycles. The lowest BCUT2D eigenvalue weighted by Gasteiger charge is -2.28. The predicted molar refractivity (Wildman–Crippen MR) is 94.3 cm³/mol. The van der Waals surface area contributed by atoms with Crippen LogP contribution in [0.25, 0.3) is 0 Å². The lowest BCUT2D eigenvalue weighted by molar-refractivity contribution is 0.449. The molecule has 0 heterocycles. The molecule has 2 fully saturated rings. The minimum atomic E-state index is 0.758. The molecule has 0 radical (unpaired) electrons. The molecule has 0 nitrogen and oxygen atoms in total. The van der Waals surface area contributed by atoms with Crippen molar-refractivity contribution in [3.63, 3.8) is 0 Å². The fraction of sp³-hybridized carbons (Fsp3) is 0.619. The van der Waals surface area contributed by atoms with Crippen molar-refractivity contribution in [3.05, 3.63) is 48.1 Å². The first-order chi connectivity index (χ1) is 10.3. The molecule has 0 amide bonds. The molecule has 2 aliphatic carbocycles. The predicted octanol–water partition coefficient (Wildman–Crippen LogP) is 6.76. The van der Waals surface area contributed by atoms with Crippen molar-refractivity contribution in [2.24, 2.45) is 11.8 Å². The molecule has 0 bridgehead atoms. The van der Waals surface area contributed by atoms with Gasteiger partial charge in [-0.05, 0) is 70.1 Å². The highest BCUT2D eigenvalue weighted by atomic mass is 14.3. The Bertz CT molecular complexity index is 421. The van der Waals surface area contributed by atoms with Gasteiger partial charge in [-0.1, -0.05) is 47.8 Å². The van der Waals surface area contributed by atoms with Crippen LogP contribution in [0.15, 0.2) is 48.1 Å². The fourth-order valence-electron chi connectivity index (χ4n) is 4.21. The quantitative estimate of drug-likeness (QED) is 0.489. The Morgan fingerprint density at radius 3 is 2.29 bits per heavy atom. The summed E-state index contributed by atoms with van der Waals surface area (Å²) < 4.78 is 0. The van der Waals surface area contributed by atoms with E-state index in [2.05, 4.69) is 38.3 Å². The third kappa shape index (κ3) is 4.46. The van der Waals surface area contributed by atoms with Crippen LogP contribution in [0, 0.1) is 11.8 Å². The van der Waals surface area contributed by atoms with E-state index in [4.69, 9.17) is 0 Å². The van der Waals surface area contributed by atoms with Gasteiger partial charge in [-0.25, -0.2) is 0 Å². The van der Waals surface area contributed by atoms with Crippen molar-refractivity contribution in [2.45, 2.75) is 71.1 Å². The third-order valence-electron chi connectivity index (χ3n) is 5.34. The van der Waals surface area contributed by atoms with Crippen molar-refractivity contribution in [1.82, 2.24) is 0 Å². The Morgan fingerprint density at radius 2 is 1.57 bits per heavy atom. The molecule has 0 spiro atoms. The first-order valence-electron chi connectivity index (χ1n) is 8.88.